The van der Waals surface area contributed by atoms with Crippen LogP contribution >= 0.6 is 0 Å². The van der Waals surface area contributed by atoms with Gasteiger partial charge in [-0.3, -0.25) is 4.98 Å². The monoisotopic (exact) mass is 344 g/mol. The van der Waals surface area contributed by atoms with E-state index in [2.05, 4.69) is 4.98 Å². The molecule has 0 bridgehead atoms. The number of fused-ring (bicyclic) bond motifs is 1. The van der Waals surface area contributed by atoms with E-state index in [9.17, 15) is 15.0 Å². The Balaban J connectivity index is 1.99. The number of carboxylic acids is 1. The number of carboxylic acid groups (broad SMARTS) is 1. The van der Waals surface area contributed by atoms with Crippen molar-refractivity contribution >= 4 is 22.6 Å². The van der Waals surface area contributed by atoms with Crippen molar-refractivity contribution < 1.29 is 19.7 Å². The first kappa shape index (κ1) is 17.5. The standard InChI is InChI=1S/C19H24N2O4/c1-12-15(18(23)24)17(20)16-13(21-12)6-5-7-14(16)25-11-19(10-22)8-3-2-4-9-19/h5-7,22H,2-4,8-11H2,1H3,(H2,20,21)(H,23,24). The van der Waals surface area contributed by atoms with Crippen LogP contribution in [0.15, 0.2) is 18.2 Å². The molecule has 1 heterocycles. The van der Waals surface area contributed by atoms with E-state index in [0.29, 0.717) is 29.0 Å². The lowest BCUT2D eigenvalue weighted by atomic mass is 9.75. The molecule has 0 atom stereocenters. The number of aromatic nitrogens is 1. The maximum atomic E-state index is 11.5. The molecule has 0 aliphatic heterocycles. The second-order valence-electron chi connectivity index (χ2n) is 6.95. The van der Waals surface area contributed by atoms with Crippen LogP contribution in [0.25, 0.3) is 10.9 Å². The zero-order valence-electron chi connectivity index (χ0n) is 14.4. The molecule has 1 fully saturated rings. The Morgan fingerprint density at radius 2 is 2.04 bits per heavy atom. The number of anilines is 1. The fourth-order valence-electron chi connectivity index (χ4n) is 3.71. The first-order chi connectivity index (χ1) is 12.0. The van der Waals surface area contributed by atoms with Gasteiger partial charge >= 0.3 is 5.97 Å². The maximum Gasteiger partial charge on any atom is 0.339 e. The predicted molar refractivity (Wildman–Crippen MR) is 96.0 cm³/mol. The lowest BCUT2D eigenvalue weighted by molar-refractivity contribution is 0.0338. The lowest BCUT2D eigenvalue weighted by Crippen LogP contribution is -2.34. The van der Waals surface area contributed by atoms with Gasteiger partial charge in [0.25, 0.3) is 0 Å². The molecule has 0 amide bonds. The molecule has 1 aliphatic carbocycles. The molecule has 0 radical (unpaired) electrons. The van der Waals surface area contributed by atoms with E-state index in [0.717, 1.165) is 25.7 Å². The molecule has 25 heavy (non-hydrogen) atoms. The van der Waals surface area contributed by atoms with Crippen LogP contribution < -0.4 is 10.5 Å². The molecular formula is C19H24N2O4. The quantitative estimate of drug-likeness (QED) is 0.769. The molecular weight excluding hydrogens is 320 g/mol. The fourth-order valence-corrected chi connectivity index (χ4v) is 3.71. The first-order valence-corrected chi connectivity index (χ1v) is 8.63. The van der Waals surface area contributed by atoms with Gasteiger partial charge < -0.3 is 20.7 Å². The molecule has 0 saturated heterocycles. The van der Waals surface area contributed by atoms with E-state index in [1.165, 1.54) is 6.42 Å². The summed E-state index contributed by atoms with van der Waals surface area (Å²) in [6.45, 7) is 2.11. The van der Waals surface area contributed by atoms with Crippen LogP contribution in [-0.4, -0.2) is 34.4 Å². The largest absolute Gasteiger partial charge is 0.492 e. The van der Waals surface area contributed by atoms with Crippen molar-refractivity contribution in [3.63, 3.8) is 0 Å². The molecule has 4 N–H and O–H groups in total. The van der Waals surface area contributed by atoms with Crippen LogP contribution in [0.4, 0.5) is 5.69 Å². The molecule has 134 valence electrons. The summed E-state index contributed by atoms with van der Waals surface area (Å²) < 4.78 is 6.04. The number of aliphatic hydroxyl groups excluding tert-OH is 1. The number of aromatic carboxylic acids is 1. The molecule has 1 aromatic heterocycles. The third kappa shape index (κ3) is 3.26. The summed E-state index contributed by atoms with van der Waals surface area (Å²) in [7, 11) is 0. The van der Waals surface area contributed by atoms with Crippen molar-refractivity contribution in [3.8, 4) is 5.75 Å². The van der Waals surface area contributed by atoms with Crippen LogP contribution in [0.5, 0.6) is 5.75 Å². The normalized spacial score (nSPS) is 16.7. The lowest BCUT2D eigenvalue weighted by Gasteiger charge is -2.35. The van der Waals surface area contributed by atoms with Gasteiger partial charge in [0, 0.05) is 5.41 Å². The van der Waals surface area contributed by atoms with Gasteiger partial charge in [0.15, 0.2) is 0 Å². The number of benzene rings is 1. The minimum atomic E-state index is -1.10. The zero-order valence-corrected chi connectivity index (χ0v) is 14.4. The minimum absolute atomic E-state index is 0.0121. The Morgan fingerprint density at radius 1 is 1.32 bits per heavy atom. The number of hydrogen-bond acceptors (Lipinski definition) is 5. The summed E-state index contributed by atoms with van der Waals surface area (Å²) in [5, 5.41) is 19.8. The summed E-state index contributed by atoms with van der Waals surface area (Å²) >= 11 is 0. The molecule has 1 aliphatic rings. The van der Waals surface area contributed by atoms with E-state index in [4.69, 9.17) is 10.5 Å². The number of nitrogens with two attached hydrogens (primary N) is 1. The Labute approximate surface area is 146 Å². The van der Waals surface area contributed by atoms with Gasteiger partial charge in [0.2, 0.25) is 0 Å². The van der Waals surface area contributed by atoms with Crippen LogP contribution in [0, 0.1) is 12.3 Å². The van der Waals surface area contributed by atoms with Gasteiger partial charge in [-0.2, -0.15) is 0 Å². The number of hydrogen-bond donors (Lipinski definition) is 3. The Hall–Kier alpha value is -2.34. The molecule has 6 heteroatoms. The third-order valence-electron chi connectivity index (χ3n) is 5.19. The number of aryl methyl sites for hydroxylation is 1. The van der Waals surface area contributed by atoms with Gasteiger partial charge in [-0.05, 0) is 31.9 Å². The predicted octanol–water partition coefficient (Wildman–Crippen LogP) is 3.15. The number of nitrogen functional groups attached to an aromatic ring is 1. The number of nitrogens with zero attached hydrogens (tertiary/aromatic N) is 1. The molecule has 0 spiro atoms. The van der Waals surface area contributed by atoms with E-state index in [-0.39, 0.29) is 23.3 Å². The number of aliphatic hydroxyl groups is 1. The van der Waals surface area contributed by atoms with Gasteiger partial charge in [0.05, 0.1) is 35.5 Å². The Morgan fingerprint density at radius 3 is 2.68 bits per heavy atom. The highest BCUT2D eigenvalue weighted by molar-refractivity contribution is 6.06. The van der Waals surface area contributed by atoms with Crippen molar-refractivity contribution in [1.29, 1.82) is 0 Å². The average molecular weight is 344 g/mol. The highest BCUT2D eigenvalue weighted by atomic mass is 16.5. The number of carbonyl (C=O) groups is 1. The van der Waals surface area contributed by atoms with Crippen molar-refractivity contribution in [2.45, 2.75) is 39.0 Å². The molecule has 3 rings (SSSR count). The van der Waals surface area contributed by atoms with Crippen molar-refractivity contribution in [3.05, 3.63) is 29.5 Å². The molecule has 1 aromatic carbocycles. The third-order valence-corrected chi connectivity index (χ3v) is 5.19. The Bertz CT molecular complexity index is 798. The van der Waals surface area contributed by atoms with E-state index < -0.39 is 5.97 Å². The van der Waals surface area contributed by atoms with Gasteiger partial charge in [-0.15, -0.1) is 0 Å². The number of ether oxygens (including phenoxy) is 1. The summed E-state index contributed by atoms with van der Waals surface area (Å²) in [4.78, 5) is 15.9. The second-order valence-corrected chi connectivity index (χ2v) is 6.95. The fraction of sp³-hybridized carbons (Fsp3) is 0.474. The molecule has 1 saturated carbocycles. The molecule has 6 nitrogen and oxygen atoms in total. The van der Waals surface area contributed by atoms with E-state index in [1.807, 2.05) is 6.07 Å². The Kier molecular flexibility index (Phi) is 4.81. The summed E-state index contributed by atoms with van der Waals surface area (Å²) in [6, 6.07) is 5.38. The zero-order chi connectivity index (χ0) is 18.0. The van der Waals surface area contributed by atoms with Crippen LogP contribution in [0.2, 0.25) is 0 Å². The number of pyridine rings is 1. The first-order valence-electron chi connectivity index (χ1n) is 8.63. The van der Waals surface area contributed by atoms with Crippen molar-refractivity contribution in [2.75, 3.05) is 18.9 Å². The SMILES string of the molecule is Cc1nc2cccc(OCC3(CO)CCCCC3)c2c(N)c1C(=O)O. The summed E-state index contributed by atoms with van der Waals surface area (Å²) in [5.41, 5.74) is 7.09. The van der Waals surface area contributed by atoms with E-state index in [1.54, 1.807) is 19.1 Å². The van der Waals surface area contributed by atoms with Crippen LogP contribution in [-0.2, 0) is 0 Å². The van der Waals surface area contributed by atoms with Gasteiger partial charge in [0.1, 0.15) is 11.3 Å². The van der Waals surface area contributed by atoms with E-state index >= 15 is 0 Å². The average Bonchev–Trinajstić information content (AvgIpc) is 2.60. The second kappa shape index (κ2) is 6.88. The summed E-state index contributed by atoms with van der Waals surface area (Å²) in [6.07, 6.45) is 5.23. The maximum absolute atomic E-state index is 11.5. The van der Waals surface area contributed by atoms with Gasteiger partial charge in [-0.1, -0.05) is 25.3 Å². The van der Waals surface area contributed by atoms with Crippen molar-refractivity contribution in [2.24, 2.45) is 5.41 Å². The topological polar surface area (TPSA) is 106 Å². The minimum Gasteiger partial charge on any atom is -0.492 e. The summed E-state index contributed by atoms with van der Waals surface area (Å²) in [5.74, 6) is -0.582. The number of rotatable bonds is 5. The van der Waals surface area contributed by atoms with Crippen LogP contribution in [0.3, 0.4) is 0 Å². The highest BCUT2D eigenvalue weighted by Crippen LogP contribution is 2.38. The van der Waals surface area contributed by atoms with Crippen molar-refractivity contribution in [1.82, 2.24) is 4.98 Å². The molecule has 0 unspecified atom stereocenters. The van der Waals surface area contributed by atoms with Crippen LogP contribution in [0.1, 0.15) is 48.2 Å². The molecule has 2 aromatic rings. The smallest absolute Gasteiger partial charge is 0.339 e. The highest BCUT2D eigenvalue weighted by Gasteiger charge is 2.32. The van der Waals surface area contributed by atoms with Gasteiger partial charge in [-0.25, -0.2) is 4.79 Å².